The highest BCUT2D eigenvalue weighted by Crippen LogP contribution is 2.31. The molecule has 198 valence electrons. The molecule has 3 rings (SSSR count). The third kappa shape index (κ3) is 5.24. The van der Waals surface area contributed by atoms with Crippen LogP contribution < -0.4 is 0 Å². The molecule has 0 aliphatic rings. The molecule has 37 heavy (non-hydrogen) atoms. The lowest BCUT2D eigenvalue weighted by atomic mass is 10.0. The molecule has 7 nitrogen and oxygen atoms in total. The van der Waals surface area contributed by atoms with Crippen molar-refractivity contribution in [1.29, 1.82) is 0 Å². The number of methoxy groups -OCH3 is 1. The molecule has 0 saturated heterocycles. The van der Waals surface area contributed by atoms with Gasteiger partial charge in [0.1, 0.15) is 11.5 Å². The van der Waals surface area contributed by atoms with Crippen molar-refractivity contribution >= 4 is 21.8 Å². The van der Waals surface area contributed by atoms with Crippen molar-refractivity contribution in [3.8, 4) is 0 Å². The molecule has 0 N–H and O–H groups in total. The minimum absolute atomic E-state index is 0.136. The van der Waals surface area contributed by atoms with Gasteiger partial charge in [-0.3, -0.25) is 4.79 Å². The molecule has 0 aliphatic heterocycles. The summed E-state index contributed by atoms with van der Waals surface area (Å²) in [5.74, 6) is -1.48. The van der Waals surface area contributed by atoms with Gasteiger partial charge in [0.15, 0.2) is 5.78 Å². The van der Waals surface area contributed by atoms with E-state index in [1.807, 2.05) is 6.92 Å². The first-order chi connectivity index (χ1) is 17.2. The van der Waals surface area contributed by atoms with Crippen LogP contribution in [0.25, 0.3) is 0 Å². The van der Waals surface area contributed by atoms with Crippen molar-refractivity contribution < 1.29 is 27.1 Å². The molecular formula is C28H33FN2O5S. The Balaban J connectivity index is 2.19. The second kappa shape index (κ2) is 10.6. The molecule has 1 aromatic heterocycles. The van der Waals surface area contributed by atoms with Crippen molar-refractivity contribution in [2.24, 2.45) is 7.05 Å². The van der Waals surface area contributed by atoms with Crippen LogP contribution in [0, 0.1) is 40.4 Å². The van der Waals surface area contributed by atoms with Crippen LogP contribution in [0.4, 0.5) is 4.39 Å². The number of aryl methyl sites for hydroxylation is 3. The lowest BCUT2D eigenvalue weighted by molar-refractivity contribution is 0.0588. The van der Waals surface area contributed by atoms with Gasteiger partial charge in [-0.25, -0.2) is 17.6 Å². The van der Waals surface area contributed by atoms with Gasteiger partial charge in [0.2, 0.25) is 10.0 Å². The number of esters is 1. The van der Waals surface area contributed by atoms with Crippen LogP contribution >= 0.6 is 0 Å². The number of nitrogens with zero attached hydrogens (tertiary/aromatic N) is 2. The Hall–Kier alpha value is -3.30. The maximum absolute atomic E-state index is 14.2. The second-order valence-corrected chi connectivity index (χ2v) is 11.3. The van der Waals surface area contributed by atoms with Gasteiger partial charge in [-0.15, -0.1) is 0 Å². The standard InChI is InChI=1S/C28H33FN2O5S/c1-16-13-17(2)27(18(3)14-16)37(34,35)31(15-22-9-11-23(29)12-10-22)21(6)26(32)24-19(4)25(28(33)36-8)30(7)20(24)5/h9-14,21H,15H2,1-8H3. The Morgan fingerprint density at radius 3 is 2.08 bits per heavy atom. The van der Waals surface area contributed by atoms with Crippen LogP contribution in [0.2, 0.25) is 0 Å². The molecule has 2 aromatic carbocycles. The lowest BCUT2D eigenvalue weighted by Crippen LogP contribution is -2.43. The van der Waals surface area contributed by atoms with E-state index in [1.54, 1.807) is 51.4 Å². The quantitative estimate of drug-likeness (QED) is 0.305. The van der Waals surface area contributed by atoms with E-state index in [-0.39, 0.29) is 22.7 Å². The smallest absolute Gasteiger partial charge is 0.354 e. The fourth-order valence-corrected chi connectivity index (χ4v) is 6.95. The fraction of sp³-hybridized carbons (Fsp3) is 0.357. The van der Waals surface area contributed by atoms with E-state index in [2.05, 4.69) is 0 Å². The highest BCUT2D eigenvalue weighted by Gasteiger charge is 2.37. The first-order valence-electron chi connectivity index (χ1n) is 11.8. The maximum Gasteiger partial charge on any atom is 0.354 e. The first-order valence-corrected chi connectivity index (χ1v) is 13.3. The number of Topliss-reactive ketones (excluding diaryl/α,β-unsaturated/α-hetero) is 1. The van der Waals surface area contributed by atoms with E-state index in [4.69, 9.17) is 4.74 Å². The molecule has 0 saturated carbocycles. The average Bonchev–Trinajstić information content (AvgIpc) is 3.04. The van der Waals surface area contributed by atoms with Crippen molar-refractivity contribution in [2.75, 3.05) is 7.11 Å². The zero-order valence-electron chi connectivity index (χ0n) is 22.5. The number of hydrogen-bond donors (Lipinski definition) is 0. The number of ketones is 1. The summed E-state index contributed by atoms with van der Waals surface area (Å²) in [6.45, 7) is 10.1. The van der Waals surface area contributed by atoms with Crippen LogP contribution in [-0.4, -0.2) is 42.2 Å². The zero-order valence-corrected chi connectivity index (χ0v) is 23.3. The molecule has 1 unspecified atom stereocenters. The van der Waals surface area contributed by atoms with E-state index < -0.39 is 33.6 Å². The topological polar surface area (TPSA) is 85.7 Å². The number of carbonyl (C=O) groups is 2. The average molecular weight is 529 g/mol. The van der Waals surface area contributed by atoms with Crippen molar-refractivity contribution in [3.63, 3.8) is 0 Å². The zero-order chi connectivity index (χ0) is 27.8. The highest BCUT2D eigenvalue weighted by molar-refractivity contribution is 7.89. The van der Waals surface area contributed by atoms with Crippen LogP contribution in [0.15, 0.2) is 41.3 Å². The Morgan fingerprint density at radius 1 is 1.03 bits per heavy atom. The van der Waals surface area contributed by atoms with Crippen molar-refractivity contribution in [1.82, 2.24) is 8.87 Å². The van der Waals surface area contributed by atoms with E-state index in [0.29, 0.717) is 27.9 Å². The number of sulfonamides is 1. The van der Waals surface area contributed by atoms with Gasteiger partial charge in [0.05, 0.1) is 18.0 Å². The molecule has 0 amide bonds. The number of halogens is 1. The van der Waals surface area contributed by atoms with Crippen LogP contribution in [0.5, 0.6) is 0 Å². The van der Waals surface area contributed by atoms with Gasteiger partial charge >= 0.3 is 5.97 Å². The van der Waals surface area contributed by atoms with Gasteiger partial charge in [-0.05, 0) is 75.9 Å². The first kappa shape index (κ1) is 28.3. The van der Waals surface area contributed by atoms with Gasteiger partial charge in [0, 0.05) is 24.8 Å². The van der Waals surface area contributed by atoms with Gasteiger partial charge in [0.25, 0.3) is 0 Å². The van der Waals surface area contributed by atoms with Crippen LogP contribution in [-0.2, 0) is 28.4 Å². The van der Waals surface area contributed by atoms with Crippen LogP contribution in [0.3, 0.4) is 0 Å². The lowest BCUT2D eigenvalue weighted by Gasteiger charge is -2.29. The Labute approximate surface area is 217 Å². The molecule has 0 radical (unpaired) electrons. The summed E-state index contributed by atoms with van der Waals surface area (Å²) in [4.78, 5) is 26.4. The SMILES string of the molecule is COC(=O)c1c(C)c(C(=O)C(C)N(Cc2ccc(F)cc2)S(=O)(=O)c2c(C)cc(C)cc2C)c(C)n1C. The monoisotopic (exact) mass is 528 g/mol. The summed E-state index contributed by atoms with van der Waals surface area (Å²) < 4.78 is 49.5. The summed E-state index contributed by atoms with van der Waals surface area (Å²) in [5.41, 5.74) is 4.04. The number of benzene rings is 2. The minimum atomic E-state index is -4.17. The summed E-state index contributed by atoms with van der Waals surface area (Å²) in [5, 5.41) is 0. The fourth-order valence-electron chi connectivity index (χ4n) is 4.96. The van der Waals surface area contributed by atoms with E-state index >= 15 is 0 Å². The molecular weight excluding hydrogens is 495 g/mol. The van der Waals surface area contributed by atoms with E-state index in [1.165, 1.54) is 38.3 Å². The summed E-state index contributed by atoms with van der Waals surface area (Å²) in [6.07, 6.45) is 0. The predicted molar refractivity (Wildman–Crippen MR) is 140 cm³/mol. The van der Waals surface area contributed by atoms with Crippen molar-refractivity contribution in [2.45, 2.75) is 59.0 Å². The Bertz CT molecular complexity index is 1450. The number of ether oxygens (including phenoxy) is 1. The largest absolute Gasteiger partial charge is 0.464 e. The number of rotatable bonds is 8. The van der Waals surface area contributed by atoms with Crippen LogP contribution in [0.1, 0.15) is 61.3 Å². The normalized spacial score (nSPS) is 12.6. The summed E-state index contributed by atoms with van der Waals surface area (Å²) >= 11 is 0. The molecule has 0 spiro atoms. The molecule has 0 bridgehead atoms. The third-order valence-electron chi connectivity index (χ3n) is 6.79. The predicted octanol–water partition coefficient (Wildman–Crippen LogP) is 4.96. The van der Waals surface area contributed by atoms with Gasteiger partial charge in [-0.2, -0.15) is 4.31 Å². The van der Waals surface area contributed by atoms with Gasteiger partial charge in [-0.1, -0.05) is 29.8 Å². The number of hydrogen-bond acceptors (Lipinski definition) is 5. The second-order valence-electron chi connectivity index (χ2n) is 9.43. The highest BCUT2D eigenvalue weighted by atomic mass is 32.2. The summed E-state index contributed by atoms with van der Waals surface area (Å²) in [7, 11) is -1.25. The molecule has 0 aliphatic carbocycles. The molecule has 3 aromatic rings. The minimum Gasteiger partial charge on any atom is -0.464 e. The molecule has 0 fully saturated rings. The molecule has 1 atom stereocenters. The number of aromatic nitrogens is 1. The van der Waals surface area contributed by atoms with E-state index in [0.717, 1.165) is 9.87 Å². The van der Waals surface area contributed by atoms with Crippen molar-refractivity contribution in [3.05, 3.63) is 87.0 Å². The maximum atomic E-state index is 14.2. The Morgan fingerprint density at radius 2 is 1.57 bits per heavy atom. The third-order valence-corrected chi connectivity index (χ3v) is 9.01. The van der Waals surface area contributed by atoms with E-state index in [9.17, 15) is 22.4 Å². The number of carbonyl (C=O) groups excluding carboxylic acids is 2. The Kier molecular flexibility index (Phi) is 8.09. The summed E-state index contributed by atoms with van der Waals surface area (Å²) in [6, 6.07) is 7.95. The van der Waals surface area contributed by atoms with Gasteiger partial charge < -0.3 is 9.30 Å². The molecule has 1 heterocycles. The molecule has 9 heteroatoms.